The SMILES string of the molecule is CCC(C)[C@H](NC(=O)COc1ccc(C)cc1C)C(=O)O. The van der Waals surface area contributed by atoms with Crippen molar-refractivity contribution >= 4 is 11.9 Å². The van der Waals surface area contributed by atoms with Gasteiger partial charge in [0.05, 0.1) is 0 Å². The van der Waals surface area contributed by atoms with Crippen LogP contribution in [0.4, 0.5) is 0 Å². The molecule has 5 nitrogen and oxygen atoms in total. The number of carbonyl (C=O) groups excluding carboxylic acids is 1. The molecule has 21 heavy (non-hydrogen) atoms. The Morgan fingerprint density at radius 3 is 2.52 bits per heavy atom. The summed E-state index contributed by atoms with van der Waals surface area (Å²) in [4.78, 5) is 23.0. The smallest absolute Gasteiger partial charge is 0.326 e. The largest absolute Gasteiger partial charge is 0.484 e. The minimum atomic E-state index is -1.02. The summed E-state index contributed by atoms with van der Waals surface area (Å²) in [7, 11) is 0. The van der Waals surface area contributed by atoms with Gasteiger partial charge in [-0.1, -0.05) is 38.0 Å². The maximum Gasteiger partial charge on any atom is 0.326 e. The zero-order chi connectivity index (χ0) is 16.0. The van der Waals surface area contributed by atoms with Gasteiger partial charge in [0.2, 0.25) is 0 Å². The molecule has 2 N–H and O–H groups in total. The molecular formula is C16H23NO4. The highest BCUT2D eigenvalue weighted by Gasteiger charge is 2.25. The predicted octanol–water partition coefficient (Wildman–Crippen LogP) is 2.30. The standard InChI is InChI=1S/C16H23NO4/c1-5-11(3)15(16(19)20)17-14(18)9-21-13-7-6-10(2)8-12(13)4/h6-8,11,15H,5,9H2,1-4H3,(H,17,18)(H,19,20)/t11?,15-/m0/s1. The molecule has 0 aliphatic carbocycles. The molecule has 1 aromatic carbocycles. The Morgan fingerprint density at radius 1 is 1.33 bits per heavy atom. The van der Waals surface area contributed by atoms with Crippen LogP contribution in [-0.2, 0) is 9.59 Å². The zero-order valence-electron chi connectivity index (χ0n) is 13.0. The molecule has 0 spiro atoms. The number of aliphatic carboxylic acids is 1. The number of rotatable bonds is 7. The van der Waals surface area contributed by atoms with Gasteiger partial charge in [0.25, 0.3) is 5.91 Å². The fraction of sp³-hybridized carbons (Fsp3) is 0.500. The van der Waals surface area contributed by atoms with Gasteiger partial charge >= 0.3 is 5.97 Å². The molecule has 0 radical (unpaired) electrons. The monoisotopic (exact) mass is 293 g/mol. The Hall–Kier alpha value is -2.04. The second-order valence-electron chi connectivity index (χ2n) is 5.33. The lowest BCUT2D eigenvalue weighted by Crippen LogP contribution is -2.46. The van der Waals surface area contributed by atoms with Crippen LogP contribution in [-0.4, -0.2) is 29.6 Å². The van der Waals surface area contributed by atoms with Crippen LogP contribution < -0.4 is 10.1 Å². The summed E-state index contributed by atoms with van der Waals surface area (Å²) in [5.74, 6) is -0.953. The predicted molar refractivity (Wildman–Crippen MR) is 80.4 cm³/mol. The van der Waals surface area contributed by atoms with E-state index in [2.05, 4.69) is 5.32 Å². The van der Waals surface area contributed by atoms with Crippen molar-refractivity contribution in [2.75, 3.05) is 6.61 Å². The molecule has 0 saturated carbocycles. The van der Waals surface area contributed by atoms with Crippen LogP contribution in [0.15, 0.2) is 18.2 Å². The van der Waals surface area contributed by atoms with Gasteiger partial charge < -0.3 is 15.2 Å². The van der Waals surface area contributed by atoms with E-state index in [1.165, 1.54) is 0 Å². The summed E-state index contributed by atoms with van der Waals surface area (Å²) in [6, 6.07) is 4.79. The summed E-state index contributed by atoms with van der Waals surface area (Å²) < 4.78 is 5.44. The molecule has 1 rings (SSSR count). The van der Waals surface area contributed by atoms with Gasteiger partial charge in [-0.3, -0.25) is 4.79 Å². The number of hydrogen-bond donors (Lipinski definition) is 2. The number of amides is 1. The Kier molecular flexibility index (Phi) is 6.21. The van der Waals surface area contributed by atoms with E-state index in [4.69, 9.17) is 9.84 Å². The van der Waals surface area contributed by atoms with Crippen LogP contribution >= 0.6 is 0 Å². The molecule has 0 aliphatic heterocycles. The van der Waals surface area contributed by atoms with Crippen molar-refractivity contribution in [3.05, 3.63) is 29.3 Å². The van der Waals surface area contributed by atoms with Crippen LogP contribution in [0.3, 0.4) is 0 Å². The van der Waals surface area contributed by atoms with Crippen molar-refractivity contribution in [2.24, 2.45) is 5.92 Å². The first-order valence-corrected chi connectivity index (χ1v) is 7.07. The molecule has 1 amide bonds. The molecular weight excluding hydrogens is 270 g/mol. The van der Waals surface area contributed by atoms with Crippen molar-refractivity contribution in [3.63, 3.8) is 0 Å². The van der Waals surface area contributed by atoms with Crippen LogP contribution in [0.25, 0.3) is 0 Å². The number of benzene rings is 1. The van der Waals surface area contributed by atoms with E-state index in [9.17, 15) is 9.59 Å². The Bertz CT molecular complexity index is 513. The van der Waals surface area contributed by atoms with Crippen LogP contribution in [0.5, 0.6) is 5.75 Å². The van der Waals surface area contributed by atoms with Crippen molar-refractivity contribution in [3.8, 4) is 5.75 Å². The van der Waals surface area contributed by atoms with Crippen LogP contribution in [0, 0.1) is 19.8 Å². The van der Waals surface area contributed by atoms with E-state index >= 15 is 0 Å². The van der Waals surface area contributed by atoms with Crippen LogP contribution in [0.1, 0.15) is 31.4 Å². The van der Waals surface area contributed by atoms with Crippen molar-refractivity contribution < 1.29 is 19.4 Å². The maximum atomic E-state index is 11.8. The second-order valence-corrected chi connectivity index (χ2v) is 5.33. The number of carbonyl (C=O) groups is 2. The Balaban J connectivity index is 2.58. The molecule has 2 atom stereocenters. The van der Waals surface area contributed by atoms with Crippen molar-refractivity contribution in [1.29, 1.82) is 0 Å². The summed E-state index contributed by atoms with van der Waals surface area (Å²) in [6.45, 7) is 7.37. The van der Waals surface area contributed by atoms with E-state index < -0.39 is 17.9 Å². The van der Waals surface area contributed by atoms with Gasteiger partial charge in [0, 0.05) is 0 Å². The quantitative estimate of drug-likeness (QED) is 0.809. The number of hydrogen-bond acceptors (Lipinski definition) is 3. The van der Waals surface area contributed by atoms with E-state index in [-0.39, 0.29) is 12.5 Å². The third-order valence-corrected chi connectivity index (χ3v) is 3.48. The lowest BCUT2D eigenvalue weighted by Gasteiger charge is -2.20. The molecule has 0 aliphatic rings. The second kappa shape index (κ2) is 7.67. The van der Waals surface area contributed by atoms with Gasteiger partial charge in [-0.2, -0.15) is 0 Å². The number of carboxylic acids is 1. The highest BCUT2D eigenvalue weighted by atomic mass is 16.5. The first-order valence-electron chi connectivity index (χ1n) is 7.07. The summed E-state index contributed by atoms with van der Waals surface area (Å²) in [6.07, 6.45) is 0.676. The number of aryl methyl sites for hydroxylation is 2. The average Bonchev–Trinajstić information content (AvgIpc) is 2.42. The van der Waals surface area contributed by atoms with Gasteiger partial charge in [-0.15, -0.1) is 0 Å². The number of carboxylic acid groups (broad SMARTS) is 1. The lowest BCUT2D eigenvalue weighted by molar-refractivity contribution is -0.143. The van der Waals surface area contributed by atoms with E-state index in [1.807, 2.05) is 32.9 Å². The molecule has 0 fully saturated rings. The zero-order valence-corrected chi connectivity index (χ0v) is 13.0. The first kappa shape index (κ1) is 17.0. The molecule has 1 aromatic rings. The van der Waals surface area contributed by atoms with E-state index in [0.717, 1.165) is 11.1 Å². The first-order chi connectivity index (χ1) is 9.85. The Labute approximate surface area is 125 Å². The minimum absolute atomic E-state index is 0.132. The van der Waals surface area contributed by atoms with E-state index in [0.29, 0.717) is 12.2 Å². The average molecular weight is 293 g/mol. The number of nitrogens with one attached hydrogen (secondary N) is 1. The topological polar surface area (TPSA) is 75.6 Å². The fourth-order valence-corrected chi connectivity index (χ4v) is 2.00. The van der Waals surface area contributed by atoms with Crippen molar-refractivity contribution in [2.45, 2.75) is 40.2 Å². The Morgan fingerprint density at radius 2 is 2.00 bits per heavy atom. The molecule has 0 bridgehead atoms. The summed E-state index contributed by atoms with van der Waals surface area (Å²) in [5, 5.41) is 11.6. The van der Waals surface area contributed by atoms with Gasteiger partial charge in [-0.25, -0.2) is 4.79 Å². The van der Waals surface area contributed by atoms with Gasteiger partial charge in [0.15, 0.2) is 6.61 Å². The van der Waals surface area contributed by atoms with Gasteiger partial charge in [0.1, 0.15) is 11.8 Å². The highest BCUT2D eigenvalue weighted by molar-refractivity contribution is 5.84. The summed E-state index contributed by atoms with van der Waals surface area (Å²) >= 11 is 0. The molecule has 0 heterocycles. The third-order valence-electron chi connectivity index (χ3n) is 3.48. The molecule has 0 aromatic heterocycles. The highest BCUT2D eigenvalue weighted by Crippen LogP contribution is 2.18. The molecule has 1 unspecified atom stereocenters. The fourth-order valence-electron chi connectivity index (χ4n) is 2.00. The van der Waals surface area contributed by atoms with Crippen LogP contribution in [0.2, 0.25) is 0 Å². The third kappa shape index (κ3) is 5.10. The molecule has 116 valence electrons. The normalized spacial score (nSPS) is 13.3. The minimum Gasteiger partial charge on any atom is -0.484 e. The van der Waals surface area contributed by atoms with Gasteiger partial charge in [-0.05, 0) is 31.4 Å². The van der Waals surface area contributed by atoms with Crippen molar-refractivity contribution in [1.82, 2.24) is 5.32 Å². The molecule has 5 heteroatoms. The maximum absolute atomic E-state index is 11.8. The van der Waals surface area contributed by atoms with E-state index in [1.54, 1.807) is 13.0 Å². The molecule has 0 saturated heterocycles. The number of ether oxygens (including phenoxy) is 1. The lowest BCUT2D eigenvalue weighted by atomic mass is 9.99. The summed E-state index contributed by atoms with van der Waals surface area (Å²) in [5.41, 5.74) is 2.06.